The summed E-state index contributed by atoms with van der Waals surface area (Å²) in [4.78, 5) is 30.7. The molecule has 1 aromatic rings. The van der Waals surface area contributed by atoms with Crippen molar-refractivity contribution >= 4 is 12.0 Å². The predicted octanol–water partition coefficient (Wildman–Crippen LogP) is 2.84. The molecule has 6 nitrogen and oxygen atoms in total. The SMILES string of the molecule is CCN(Cc1ccccc1)C(=O)CN1CCCN(C(=O)OCC(C)C)CC1. The van der Waals surface area contributed by atoms with Crippen molar-refractivity contribution in [2.75, 3.05) is 45.9 Å². The van der Waals surface area contributed by atoms with E-state index in [1.165, 1.54) is 0 Å². The quantitative estimate of drug-likeness (QED) is 0.735. The van der Waals surface area contributed by atoms with E-state index in [0.29, 0.717) is 51.8 Å². The summed E-state index contributed by atoms with van der Waals surface area (Å²) in [5.74, 6) is 0.469. The molecular weight excluding hydrogens is 342 g/mol. The molecule has 0 bridgehead atoms. The summed E-state index contributed by atoms with van der Waals surface area (Å²) in [6.45, 7) is 11.0. The Hall–Kier alpha value is -2.08. The summed E-state index contributed by atoms with van der Waals surface area (Å²) < 4.78 is 5.33. The fourth-order valence-corrected chi connectivity index (χ4v) is 3.11. The zero-order valence-electron chi connectivity index (χ0n) is 16.9. The number of hydrogen-bond acceptors (Lipinski definition) is 4. The highest BCUT2D eigenvalue weighted by molar-refractivity contribution is 5.78. The number of carbonyl (C=O) groups is 2. The second-order valence-corrected chi connectivity index (χ2v) is 7.48. The van der Waals surface area contributed by atoms with Crippen LogP contribution in [-0.4, -0.2) is 72.6 Å². The third kappa shape index (κ3) is 7.21. The molecule has 0 unspecified atom stereocenters. The fourth-order valence-electron chi connectivity index (χ4n) is 3.11. The predicted molar refractivity (Wildman–Crippen MR) is 106 cm³/mol. The lowest BCUT2D eigenvalue weighted by atomic mass is 10.2. The summed E-state index contributed by atoms with van der Waals surface area (Å²) in [6, 6.07) is 10.1. The number of hydrogen-bond donors (Lipinski definition) is 0. The maximum atomic E-state index is 12.7. The van der Waals surface area contributed by atoms with Gasteiger partial charge in [-0.2, -0.15) is 0 Å². The zero-order chi connectivity index (χ0) is 19.6. The van der Waals surface area contributed by atoms with Crippen molar-refractivity contribution in [3.8, 4) is 0 Å². The van der Waals surface area contributed by atoms with E-state index in [-0.39, 0.29) is 12.0 Å². The maximum Gasteiger partial charge on any atom is 0.409 e. The number of nitrogens with zero attached hydrogens (tertiary/aromatic N) is 3. The summed E-state index contributed by atoms with van der Waals surface area (Å²) >= 11 is 0. The summed E-state index contributed by atoms with van der Waals surface area (Å²) in [5, 5.41) is 0. The molecule has 1 aliphatic heterocycles. The lowest BCUT2D eigenvalue weighted by Gasteiger charge is -2.26. The van der Waals surface area contributed by atoms with Gasteiger partial charge in [-0.25, -0.2) is 4.79 Å². The highest BCUT2D eigenvalue weighted by Crippen LogP contribution is 2.09. The Labute approximate surface area is 163 Å². The molecule has 2 amide bonds. The molecule has 1 saturated heterocycles. The van der Waals surface area contributed by atoms with Crippen molar-refractivity contribution in [3.05, 3.63) is 35.9 Å². The molecule has 2 rings (SSSR count). The van der Waals surface area contributed by atoms with Crippen LogP contribution in [0.1, 0.15) is 32.8 Å². The van der Waals surface area contributed by atoms with Crippen LogP contribution in [0.4, 0.5) is 4.79 Å². The fraction of sp³-hybridized carbons (Fsp3) is 0.619. The Kier molecular flexibility index (Phi) is 8.58. The normalized spacial score (nSPS) is 15.5. The average molecular weight is 376 g/mol. The van der Waals surface area contributed by atoms with Crippen molar-refractivity contribution in [2.45, 2.75) is 33.7 Å². The first-order chi connectivity index (χ1) is 13.0. The van der Waals surface area contributed by atoms with Gasteiger partial charge in [0.05, 0.1) is 13.2 Å². The van der Waals surface area contributed by atoms with Crippen molar-refractivity contribution in [3.63, 3.8) is 0 Å². The molecule has 0 spiro atoms. The molecule has 6 heteroatoms. The van der Waals surface area contributed by atoms with Gasteiger partial charge in [-0.05, 0) is 24.8 Å². The monoisotopic (exact) mass is 375 g/mol. The number of amides is 2. The van der Waals surface area contributed by atoms with Crippen molar-refractivity contribution < 1.29 is 14.3 Å². The van der Waals surface area contributed by atoms with Crippen LogP contribution in [0.2, 0.25) is 0 Å². The van der Waals surface area contributed by atoms with Crippen LogP contribution in [0.15, 0.2) is 30.3 Å². The Morgan fingerprint density at radius 2 is 1.85 bits per heavy atom. The maximum absolute atomic E-state index is 12.7. The van der Waals surface area contributed by atoms with Gasteiger partial charge >= 0.3 is 6.09 Å². The first-order valence-electron chi connectivity index (χ1n) is 9.95. The van der Waals surface area contributed by atoms with Gasteiger partial charge < -0.3 is 14.5 Å². The topological polar surface area (TPSA) is 53.1 Å². The molecule has 1 fully saturated rings. The molecule has 0 atom stereocenters. The van der Waals surface area contributed by atoms with Gasteiger partial charge in [0.15, 0.2) is 0 Å². The summed E-state index contributed by atoms with van der Waals surface area (Å²) in [7, 11) is 0. The standard InChI is InChI=1S/C21H33N3O3/c1-4-23(15-19-9-6-5-7-10-19)20(25)16-22-11-8-12-24(14-13-22)21(26)27-17-18(2)3/h5-7,9-10,18H,4,8,11-17H2,1-3H3. The third-order valence-electron chi connectivity index (χ3n) is 4.70. The van der Waals surface area contributed by atoms with Crippen LogP contribution in [0.25, 0.3) is 0 Å². The van der Waals surface area contributed by atoms with Crippen LogP contribution in [0, 0.1) is 5.92 Å². The summed E-state index contributed by atoms with van der Waals surface area (Å²) in [6.07, 6.45) is 0.616. The van der Waals surface area contributed by atoms with E-state index in [2.05, 4.69) is 4.90 Å². The minimum absolute atomic E-state index is 0.136. The molecule has 0 aromatic heterocycles. The number of benzene rings is 1. The second kappa shape index (κ2) is 10.9. The van der Waals surface area contributed by atoms with Gasteiger partial charge in [-0.3, -0.25) is 9.69 Å². The lowest BCUT2D eigenvalue weighted by Crippen LogP contribution is -2.42. The van der Waals surface area contributed by atoms with E-state index in [0.717, 1.165) is 18.5 Å². The van der Waals surface area contributed by atoms with Gasteiger partial charge in [0.2, 0.25) is 5.91 Å². The van der Waals surface area contributed by atoms with Crippen LogP contribution in [0.5, 0.6) is 0 Å². The second-order valence-electron chi connectivity index (χ2n) is 7.48. The van der Waals surface area contributed by atoms with E-state index < -0.39 is 0 Å². The van der Waals surface area contributed by atoms with E-state index >= 15 is 0 Å². The van der Waals surface area contributed by atoms with E-state index in [4.69, 9.17) is 4.74 Å². The largest absolute Gasteiger partial charge is 0.449 e. The molecule has 0 saturated carbocycles. The molecule has 27 heavy (non-hydrogen) atoms. The third-order valence-corrected chi connectivity index (χ3v) is 4.70. The molecule has 150 valence electrons. The first kappa shape index (κ1) is 21.2. The molecule has 0 N–H and O–H groups in total. The van der Waals surface area contributed by atoms with Gasteiger partial charge in [0.25, 0.3) is 0 Å². The minimum atomic E-state index is -0.240. The Bertz CT molecular complexity index is 592. The summed E-state index contributed by atoms with van der Waals surface area (Å²) in [5.41, 5.74) is 1.14. The van der Waals surface area contributed by atoms with Crippen LogP contribution < -0.4 is 0 Å². The lowest BCUT2D eigenvalue weighted by molar-refractivity contribution is -0.132. The van der Waals surface area contributed by atoms with Gasteiger partial charge in [0, 0.05) is 39.3 Å². The minimum Gasteiger partial charge on any atom is -0.449 e. The molecule has 1 heterocycles. The van der Waals surface area contributed by atoms with Crippen LogP contribution in [-0.2, 0) is 16.1 Å². The van der Waals surface area contributed by atoms with Gasteiger partial charge in [-0.1, -0.05) is 44.2 Å². The van der Waals surface area contributed by atoms with Crippen molar-refractivity contribution in [1.29, 1.82) is 0 Å². The van der Waals surface area contributed by atoms with E-state index in [1.54, 1.807) is 4.90 Å². The Morgan fingerprint density at radius 3 is 2.52 bits per heavy atom. The molecule has 1 aliphatic rings. The Balaban J connectivity index is 1.82. The van der Waals surface area contributed by atoms with Crippen LogP contribution >= 0.6 is 0 Å². The number of rotatable bonds is 7. The smallest absolute Gasteiger partial charge is 0.409 e. The molecule has 1 aromatic carbocycles. The van der Waals surface area contributed by atoms with Crippen molar-refractivity contribution in [1.82, 2.24) is 14.7 Å². The average Bonchev–Trinajstić information content (AvgIpc) is 2.90. The molecule has 0 radical (unpaired) electrons. The highest BCUT2D eigenvalue weighted by atomic mass is 16.6. The molecular formula is C21H33N3O3. The Morgan fingerprint density at radius 1 is 1.11 bits per heavy atom. The highest BCUT2D eigenvalue weighted by Gasteiger charge is 2.23. The van der Waals surface area contributed by atoms with E-state index in [1.807, 2.05) is 56.0 Å². The first-order valence-corrected chi connectivity index (χ1v) is 9.95. The zero-order valence-corrected chi connectivity index (χ0v) is 16.9. The number of carbonyl (C=O) groups excluding carboxylic acids is 2. The van der Waals surface area contributed by atoms with Crippen LogP contribution in [0.3, 0.4) is 0 Å². The number of likely N-dealkylation sites (N-methyl/N-ethyl adjacent to an activating group) is 1. The van der Waals surface area contributed by atoms with Gasteiger partial charge in [0.1, 0.15) is 0 Å². The molecule has 0 aliphatic carbocycles. The number of ether oxygens (including phenoxy) is 1. The van der Waals surface area contributed by atoms with Gasteiger partial charge in [-0.15, -0.1) is 0 Å². The van der Waals surface area contributed by atoms with E-state index in [9.17, 15) is 9.59 Å². The van der Waals surface area contributed by atoms with Crippen molar-refractivity contribution in [2.24, 2.45) is 5.92 Å².